The Hall–Kier alpha value is -6.58. The van der Waals surface area contributed by atoms with Gasteiger partial charge in [0.25, 0.3) is 0 Å². The molecule has 0 saturated carbocycles. The Morgan fingerprint density at radius 3 is 1.80 bits per heavy atom. The van der Waals surface area contributed by atoms with Gasteiger partial charge >= 0.3 is 0 Å². The number of hydrogen-bond donors (Lipinski definition) is 0. The Morgan fingerprint density at radius 2 is 0.959 bits per heavy atom. The molecule has 0 saturated heterocycles. The lowest BCUT2D eigenvalue weighted by Crippen LogP contribution is -1.92. The van der Waals surface area contributed by atoms with Gasteiger partial charge in [-0.3, -0.25) is 4.40 Å². The number of hydrogen-bond acceptors (Lipinski definition) is 2. The molecule has 226 valence electrons. The van der Waals surface area contributed by atoms with Crippen LogP contribution in [0.3, 0.4) is 0 Å². The van der Waals surface area contributed by atoms with E-state index in [-0.39, 0.29) is 0 Å². The molecule has 3 nitrogen and oxygen atoms in total. The number of rotatable bonds is 2. The first-order chi connectivity index (χ1) is 24.3. The van der Waals surface area contributed by atoms with Crippen LogP contribution in [0.1, 0.15) is 0 Å². The molecule has 3 aromatic heterocycles. The minimum absolute atomic E-state index is 0.980. The van der Waals surface area contributed by atoms with E-state index in [1.165, 1.54) is 54.2 Å². The monoisotopic (exact) mass is 621 g/mol. The van der Waals surface area contributed by atoms with Gasteiger partial charge in [0.2, 0.25) is 0 Å². The average Bonchev–Trinajstić information content (AvgIpc) is 3.59. The molecule has 3 heteroatoms. The van der Waals surface area contributed by atoms with Crippen LogP contribution in [0.2, 0.25) is 0 Å². The van der Waals surface area contributed by atoms with E-state index in [2.05, 4.69) is 168 Å². The van der Waals surface area contributed by atoms with Gasteiger partial charge in [0.05, 0.1) is 27.8 Å². The van der Waals surface area contributed by atoms with E-state index < -0.39 is 0 Å². The van der Waals surface area contributed by atoms with Crippen molar-refractivity contribution in [3.63, 3.8) is 0 Å². The molecule has 0 N–H and O–H groups in total. The third kappa shape index (κ3) is 3.78. The quantitative estimate of drug-likeness (QED) is 0.180. The minimum atomic E-state index is 0.980. The molecule has 0 spiro atoms. The number of para-hydroxylation sites is 1. The SMILES string of the molecule is c1ccc2c(c1)ccc1ccc(-c3ccc(-c4ccc5c(c4)c4ccccc4n4c5nc5c6ccccc6c6ccccc6c54)cc3)nc12. The fraction of sp³-hybridized carbons (Fsp3) is 0. The smallest absolute Gasteiger partial charge is 0.146 e. The van der Waals surface area contributed by atoms with Crippen LogP contribution in [-0.4, -0.2) is 14.4 Å². The average molecular weight is 622 g/mol. The Morgan fingerprint density at radius 1 is 0.347 bits per heavy atom. The first-order valence-corrected chi connectivity index (χ1v) is 16.8. The highest BCUT2D eigenvalue weighted by Gasteiger charge is 2.19. The third-order valence-electron chi connectivity index (χ3n) is 10.3. The Balaban J connectivity index is 1.10. The van der Waals surface area contributed by atoms with Crippen molar-refractivity contribution in [3.8, 4) is 22.4 Å². The van der Waals surface area contributed by atoms with E-state index in [4.69, 9.17) is 9.97 Å². The fourth-order valence-corrected chi connectivity index (χ4v) is 8.01. The van der Waals surface area contributed by atoms with Crippen molar-refractivity contribution in [2.24, 2.45) is 0 Å². The van der Waals surface area contributed by atoms with Crippen molar-refractivity contribution < 1.29 is 0 Å². The molecule has 0 unspecified atom stereocenters. The number of fused-ring (bicyclic) bond motifs is 16. The molecular formula is C46H27N3. The maximum absolute atomic E-state index is 5.42. The van der Waals surface area contributed by atoms with Crippen molar-refractivity contribution in [2.45, 2.75) is 0 Å². The molecule has 0 aliphatic rings. The molecular weight excluding hydrogens is 595 g/mol. The van der Waals surface area contributed by atoms with Crippen molar-refractivity contribution in [1.29, 1.82) is 0 Å². The molecule has 0 amide bonds. The van der Waals surface area contributed by atoms with Crippen LogP contribution in [-0.2, 0) is 0 Å². The molecule has 11 aromatic rings. The Bertz CT molecular complexity index is 3150. The van der Waals surface area contributed by atoms with Gasteiger partial charge < -0.3 is 0 Å². The van der Waals surface area contributed by atoms with E-state index >= 15 is 0 Å². The summed E-state index contributed by atoms with van der Waals surface area (Å²) in [5.74, 6) is 0. The molecule has 0 bridgehead atoms. The number of aromatic nitrogens is 3. The summed E-state index contributed by atoms with van der Waals surface area (Å²) in [6.45, 7) is 0. The van der Waals surface area contributed by atoms with Crippen LogP contribution in [0.4, 0.5) is 0 Å². The molecule has 0 radical (unpaired) electrons. The van der Waals surface area contributed by atoms with Crippen LogP contribution in [0.25, 0.3) is 104 Å². The maximum atomic E-state index is 5.42. The van der Waals surface area contributed by atoms with E-state index in [0.29, 0.717) is 0 Å². The highest BCUT2D eigenvalue weighted by molar-refractivity contribution is 6.26. The van der Waals surface area contributed by atoms with Gasteiger partial charge in [-0.1, -0.05) is 140 Å². The van der Waals surface area contributed by atoms with Crippen molar-refractivity contribution in [3.05, 3.63) is 164 Å². The van der Waals surface area contributed by atoms with Gasteiger partial charge in [0.15, 0.2) is 0 Å². The van der Waals surface area contributed by atoms with E-state index in [0.717, 1.165) is 49.7 Å². The third-order valence-corrected chi connectivity index (χ3v) is 10.3. The molecule has 3 heterocycles. The maximum Gasteiger partial charge on any atom is 0.146 e. The van der Waals surface area contributed by atoms with Gasteiger partial charge in [0.1, 0.15) is 5.65 Å². The highest BCUT2D eigenvalue weighted by atomic mass is 15.0. The van der Waals surface area contributed by atoms with Gasteiger partial charge in [-0.15, -0.1) is 0 Å². The minimum Gasteiger partial charge on any atom is -0.291 e. The zero-order chi connectivity index (χ0) is 32.1. The van der Waals surface area contributed by atoms with E-state index in [9.17, 15) is 0 Å². The van der Waals surface area contributed by atoms with Crippen LogP contribution < -0.4 is 0 Å². The highest BCUT2D eigenvalue weighted by Crippen LogP contribution is 2.40. The summed E-state index contributed by atoms with van der Waals surface area (Å²) in [7, 11) is 0. The van der Waals surface area contributed by atoms with Gasteiger partial charge in [-0.25, -0.2) is 9.97 Å². The van der Waals surface area contributed by atoms with Crippen LogP contribution in [0, 0.1) is 0 Å². The first kappa shape index (κ1) is 26.5. The molecule has 0 atom stereocenters. The predicted molar refractivity (Wildman–Crippen MR) is 206 cm³/mol. The van der Waals surface area contributed by atoms with Gasteiger partial charge in [0, 0.05) is 37.9 Å². The number of nitrogens with zero attached hydrogens (tertiary/aromatic N) is 3. The lowest BCUT2D eigenvalue weighted by Gasteiger charge is -2.12. The summed E-state index contributed by atoms with van der Waals surface area (Å²) >= 11 is 0. The summed E-state index contributed by atoms with van der Waals surface area (Å²) in [6.07, 6.45) is 0. The van der Waals surface area contributed by atoms with E-state index in [1.807, 2.05) is 0 Å². The second-order valence-corrected chi connectivity index (χ2v) is 13.0. The number of benzene rings is 8. The fourth-order valence-electron chi connectivity index (χ4n) is 8.01. The lowest BCUT2D eigenvalue weighted by molar-refractivity contribution is 1.32. The lowest BCUT2D eigenvalue weighted by atomic mass is 9.97. The van der Waals surface area contributed by atoms with Crippen LogP contribution >= 0.6 is 0 Å². The predicted octanol–water partition coefficient (Wildman–Crippen LogP) is 12.1. The normalized spacial score (nSPS) is 12.1. The topological polar surface area (TPSA) is 30.2 Å². The van der Waals surface area contributed by atoms with Crippen molar-refractivity contribution >= 4 is 81.6 Å². The number of imidazole rings is 1. The first-order valence-electron chi connectivity index (χ1n) is 16.8. The Labute approximate surface area is 281 Å². The second kappa shape index (κ2) is 9.96. The van der Waals surface area contributed by atoms with Crippen molar-refractivity contribution in [1.82, 2.24) is 14.4 Å². The summed E-state index contributed by atoms with van der Waals surface area (Å²) in [5, 5.41) is 12.0. The summed E-state index contributed by atoms with van der Waals surface area (Å²) < 4.78 is 2.38. The van der Waals surface area contributed by atoms with Crippen LogP contribution in [0.5, 0.6) is 0 Å². The van der Waals surface area contributed by atoms with Gasteiger partial charge in [-0.05, 0) is 56.9 Å². The molecule has 11 rings (SSSR count). The van der Waals surface area contributed by atoms with Crippen molar-refractivity contribution in [2.75, 3.05) is 0 Å². The number of pyridine rings is 2. The summed E-state index contributed by atoms with van der Waals surface area (Å²) in [6, 6.07) is 58.9. The van der Waals surface area contributed by atoms with Gasteiger partial charge in [-0.2, -0.15) is 0 Å². The molecule has 8 aromatic carbocycles. The molecule has 0 fully saturated rings. The largest absolute Gasteiger partial charge is 0.291 e. The molecule has 0 aliphatic carbocycles. The molecule has 0 aliphatic heterocycles. The Kier molecular flexibility index (Phi) is 5.38. The summed E-state index contributed by atoms with van der Waals surface area (Å²) in [4.78, 5) is 10.5. The standard InChI is InChI=1S/C46H27N3/c1-2-10-33-29(9-1)19-22-31-24-26-41(47-43(31)33)30-20-17-28(18-21-30)32-23-25-39-40(27-32)36-13-7-8-16-42(36)49-45-38-15-6-4-12-35(38)34-11-3-5-14-37(34)44(45)48-46(39)49/h1-27H. The second-order valence-electron chi connectivity index (χ2n) is 13.0. The summed E-state index contributed by atoms with van der Waals surface area (Å²) in [5.41, 5.74) is 9.84. The molecule has 49 heavy (non-hydrogen) atoms. The zero-order valence-electron chi connectivity index (χ0n) is 26.4. The zero-order valence-corrected chi connectivity index (χ0v) is 26.4. The van der Waals surface area contributed by atoms with E-state index in [1.54, 1.807) is 0 Å². The van der Waals surface area contributed by atoms with Crippen LogP contribution in [0.15, 0.2) is 164 Å².